The number of fused-ring (bicyclic) bond motifs is 1. The molecule has 0 saturated carbocycles. The van der Waals surface area contributed by atoms with E-state index in [0.29, 0.717) is 12.0 Å². The lowest BCUT2D eigenvalue weighted by Gasteiger charge is -2.24. The zero-order chi connectivity index (χ0) is 12.3. The highest BCUT2D eigenvalue weighted by atomic mass is 19.1. The normalized spacial score (nSPS) is 14.8. The smallest absolute Gasteiger partial charge is 0.148 e. The van der Waals surface area contributed by atoms with Crippen LogP contribution in [0.5, 0.6) is 0 Å². The first-order valence-electron chi connectivity index (χ1n) is 6.08. The van der Waals surface area contributed by atoms with Gasteiger partial charge in [-0.25, -0.2) is 4.39 Å². The molecule has 0 bridgehead atoms. The highest BCUT2D eigenvalue weighted by molar-refractivity contribution is 5.83. The Bertz CT molecular complexity index is 509. The lowest BCUT2D eigenvalue weighted by atomic mass is 9.90. The molecule has 2 N–H and O–H groups in total. The Morgan fingerprint density at radius 2 is 1.82 bits per heavy atom. The molecule has 0 aliphatic rings. The van der Waals surface area contributed by atoms with Gasteiger partial charge in [0, 0.05) is 6.54 Å². The van der Waals surface area contributed by atoms with Crippen LogP contribution in [0.4, 0.5) is 4.39 Å². The van der Waals surface area contributed by atoms with Gasteiger partial charge in [-0.05, 0) is 28.8 Å². The predicted molar refractivity (Wildman–Crippen MR) is 70.7 cm³/mol. The maximum atomic E-state index is 14.7. The summed E-state index contributed by atoms with van der Waals surface area (Å²) in [4.78, 5) is 0. The SMILES string of the molecule is CCCC(F)(CN)c1ccc2ccccc2c1. The van der Waals surface area contributed by atoms with E-state index in [-0.39, 0.29) is 6.54 Å². The summed E-state index contributed by atoms with van der Waals surface area (Å²) in [6.07, 6.45) is 1.27. The second kappa shape index (κ2) is 4.84. The summed E-state index contributed by atoms with van der Waals surface area (Å²) in [5, 5.41) is 2.20. The van der Waals surface area contributed by atoms with Crippen LogP contribution in [0.3, 0.4) is 0 Å². The molecular weight excluding hydrogens is 213 g/mol. The monoisotopic (exact) mass is 231 g/mol. The molecule has 0 aliphatic carbocycles. The Balaban J connectivity index is 2.47. The number of benzene rings is 2. The number of alkyl halides is 1. The average molecular weight is 231 g/mol. The molecule has 2 heteroatoms. The minimum atomic E-state index is -1.39. The fraction of sp³-hybridized carbons (Fsp3) is 0.333. The number of rotatable bonds is 4. The van der Waals surface area contributed by atoms with E-state index >= 15 is 0 Å². The van der Waals surface area contributed by atoms with E-state index in [2.05, 4.69) is 0 Å². The molecule has 0 spiro atoms. The van der Waals surface area contributed by atoms with Crippen molar-refractivity contribution in [2.24, 2.45) is 5.73 Å². The van der Waals surface area contributed by atoms with E-state index in [1.807, 2.05) is 49.4 Å². The molecule has 17 heavy (non-hydrogen) atoms. The van der Waals surface area contributed by atoms with E-state index in [1.54, 1.807) is 0 Å². The van der Waals surface area contributed by atoms with Crippen molar-refractivity contribution in [3.05, 3.63) is 48.0 Å². The second-order valence-corrected chi connectivity index (χ2v) is 4.48. The lowest BCUT2D eigenvalue weighted by Crippen LogP contribution is -2.30. The molecule has 0 amide bonds. The van der Waals surface area contributed by atoms with Crippen molar-refractivity contribution in [1.82, 2.24) is 0 Å². The minimum Gasteiger partial charge on any atom is -0.327 e. The molecule has 0 aromatic heterocycles. The van der Waals surface area contributed by atoms with E-state index in [4.69, 9.17) is 5.73 Å². The first-order valence-corrected chi connectivity index (χ1v) is 6.08. The van der Waals surface area contributed by atoms with Crippen molar-refractivity contribution < 1.29 is 4.39 Å². The summed E-state index contributed by atoms with van der Waals surface area (Å²) in [5.41, 5.74) is 4.90. The Labute approximate surface area is 101 Å². The van der Waals surface area contributed by atoms with Crippen molar-refractivity contribution in [3.8, 4) is 0 Å². The molecule has 2 rings (SSSR count). The van der Waals surface area contributed by atoms with Gasteiger partial charge in [-0.3, -0.25) is 0 Å². The fourth-order valence-corrected chi connectivity index (χ4v) is 2.23. The number of halogens is 1. The van der Waals surface area contributed by atoms with Crippen LogP contribution in [0.2, 0.25) is 0 Å². The van der Waals surface area contributed by atoms with Gasteiger partial charge in [-0.1, -0.05) is 49.7 Å². The molecule has 0 radical (unpaired) electrons. The molecule has 0 fully saturated rings. The Kier molecular flexibility index (Phi) is 3.43. The summed E-state index contributed by atoms with van der Waals surface area (Å²) in [6, 6.07) is 13.7. The van der Waals surface area contributed by atoms with Crippen LogP contribution in [-0.4, -0.2) is 6.54 Å². The average Bonchev–Trinajstić information content (AvgIpc) is 2.38. The molecular formula is C15H18FN. The topological polar surface area (TPSA) is 26.0 Å². The van der Waals surface area contributed by atoms with Gasteiger partial charge in [-0.2, -0.15) is 0 Å². The molecule has 2 aromatic carbocycles. The third kappa shape index (κ3) is 2.32. The molecule has 1 unspecified atom stereocenters. The van der Waals surface area contributed by atoms with Gasteiger partial charge in [0.1, 0.15) is 5.67 Å². The van der Waals surface area contributed by atoms with Crippen LogP contribution in [-0.2, 0) is 5.67 Å². The number of hydrogen-bond acceptors (Lipinski definition) is 1. The van der Waals surface area contributed by atoms with Crippen molar-refractivity contribution in [3.63, 3.8) is 0 Å². The van der Waals surface area contributed by atoms with Gasteiger partial charge in [0.15, 0.2) is 0 Å². The Hall–Kier alpha value is -1.41. The molecule has 90 valence electrons. The van der Waals surface area contributed by atoms with Crippen LogP contribution in [0.15, 0.2) is 42.5 Å². The first-order chi connectivity index (χ1) is 8.19. The Morgan fingerprint density at radius 1 is 1.12 bits per heavy atom. The lowest BCUT2D eigenvalue weighted by molar-refractivity contribution is 0.159. The van der Waals surface area contributed by atoms with Crippen LogP contribution in [0.1, 0.15) is 25.3 Å². The Morgan fingerprint density at radius 3 is 2.47 bits per heavy atom. The van der Waals surface area contributed by atoms with Gasteiger partial charge in [-0.15, -0.1) is 0 Å². The van der Waals surface area contributed by atoms with E-state index in [0.717, 1.165) is 17.2 Å². The summed E-state index contributed by atoms with van der Waals surface area (Å²) in [6.45, 7) is 2.02. The number of nitrogens with two attached hydrogens (primary N) is 1. The summed E-state index contributed by atoms with van der Waals surface area (Å²) in [7, 11) is 0. The third-order valence-electron chi connectivity index (χ3n) is 3.24. The highest BCUT2D eigenvalue weighted by Crippen LogP contribution is 2.32. The molecule has 2 aromatic rings. The molecule has 1 atom stereocenters. The standard InChI is InChI=1S/C15H18FN/c1-2-9-15(16,11-17)14-8-7-12-5-3-4-6-13(12)10-14/h3-8,10H,2,9,11,17H2,1H3. The minimum absolute atomic E-state index is 0.0409. The van der Waals surface area contributed by atoms with Crippen LogP contribution in [0.25, 0.3) is 10.8 Å². The zero-order valence-corrected chi connectivity index (χ0v) is 10.1. The summed E-state index contributed by atoms with van der Waals surface area (Å²) < 4.78 is 14.7. The predicted octanol–water partition coefficient (Wildman–Crippen LogP) is 3.76. The van der Waals surface area contributed by atoms with Gasteiger partial charge in [0.2, 0.25) is 0 Å². The van der Waals surface area contributed by atoms with Crippen molar-refractivity contribution >= 4 is 10.8 Å². The molecule has 1 nitrogen and oxygen atoms in total. The van der Waals surface area contributed by atoms with Gasteiger partial charge in [0.25, 0.3) is 0 Å². The number of hydrogen-bond donors (Lipinski definition) is 1. The van der Waals surface area contributed by atoms with Crippen LogP contribution >= 0.6 is 0 Å². The molecule has 0 heterocycles. The zero-order valence-electron chi connectivity index (χ0n) is 10.1. The van der Waals surface area contributed by atoms with Crippen LogP contribution in [0, 0.1) is 0 Å². The van der Waals surface area contributed by atoms with Crippen LogP contribution < -0.4 is 5.73 Å². The maximum absolute atomic E-state index is 14.7. The van der Waals surface area contributed by atoms with Gasteiger partial charge >= 0.3 is 0 Å². The summed E-state index contributed by atoms with van der Waals surface area (Å²) >= 11 is 0. The van der Waals surface area contributed by atoms with E-state index < -0.39 is 5.67 Å². The van der Waals surface area contributed by atoms with Crippen molar-refractivity contribution in [1.29, 1.82) is 0 Å². The fourth-order valence-electron chi connectivity index (χ4n) is 2.23. The molecule has 0 saturated heterocycles. The largest absolute Gasteiger partial charge is 0.327 e. The second-order valence-electron chi connectivity index (χ2n) is 4.48. The van der Waals surface area contributed by atoms with Gasteiger partial charge in [0.05, 0.1) is 0 Å². The maximum Gasteiger partial charge on any atom is 0.148 e. The van der Waals surface area contributed by atoms with E-state index in [1.165, 1.54) is 0 Å². The summed E-state index contributed by atoms with van der Waals surface area (Å²) in [5.74, 6) is 0. The molecule has 0 aliphatic heterocycles. The van der Waals surface area contributed by atoms with Gasteiger partial charge < -0.3 is 5.73 Å². The first kappa shape index (κ1) is 12.1. The highest BCUT2D eigenvalue weighted by Gasteiger charge is 2.29. The third-order valence-corrected chi connectivity index (χ3v) is 3.24. The van der Waals surface area contributed by atoms with E-state index in [9.17, 15) is 4.39 Å². The quantitative estimate of drug-likeness (QED) is 0.851. The van der Waals surface area contributed by atoms with Crippen molar-refractivity contribution in [2.45, 2.75) is 25.4 Å². The van der Waals surface area contributed by atoms with Crippen molar-refractivity contribution in [2.75, 3.05) is 6.54 Å².